The number of benzene rings is 3. The Balaban J connectivity index is 1.91. The predicted octanol–water partition coefficient (Wildman–Crippen LogP) is 4.22. The van der Waals surface area contributed by atoms with Crippen molar-refractivity contribution >= 4 is 45.3 Å². The molecule has 1 aromatic heterocycles. The molecule has 0 nitrogen and oxygen atoms in total. The van der Waals surface area contributed by atoms with Gasteiger partial charge in [0.05, 0.1) is 0 Å². The number of thiophene rings is 1. The number of hydrogen-bond donors (Lipinski definition) is 0. The molecule has 22 heavy (non-hydrogen) atoms. The van der Waals surface area contributed by atoms with Crippen LogP contribution in [0.25, 0.3) is 20.5 Å². The Kier molecular flexibility index (Phi) is 3.82. The summed E-state index contributed by atoms with van der Waals surface area (Å²) in [7, 11) is 0. The molecule has 4 rings (SSSR count). The summed E-state index contributed by atoms with van der Waals surface area (Å²) < 4.78 is 4.32. The van der Waals surface area contributed by atoms with E-state index in [2.05, 4.69) is 84.9 Å². The summed E-state index contributed by atoms with van der Waals surface area (Å²) in [6.45, 7) is 0. The van der Waals surface area contributed by atoms with Crippen molar-refractivity contribution in [1.82, 2.24) is 0 Å². The molecule has 0 bridgehead atoms. The Morgan fingerprint density at radius 3 is 2.05 bits per heavy atom. The van der Waals surface area contributed by atoms with E-state index < -0.39 is 0 Å². The molecule has 2 heteroatoms. The maximum absolute atomic E-state index is 2.26. The summed E-state index contributed by atoms with van der Waals surface area (Å²) in [5, 5.41) is 1.41. The van der Waals surface area contributed by atoms with E-state index in [4.69, 9.17) is 0 Å². The molecule has 1 heterocycles. The summed E-state index contributed by atoms with van der Waals surface area (Å²) in [6.07, 6.45) is 0. The van der Waals surface area contributed by atoms with Crippen LogP contribution in [0.2, 0.25) is 0 Å². The first kappa shape index (κ1) is 13.8. The van der Waals surface area contributed by atoms with Gasteiger partial charge in [-0.25, -0.2) is 0 Å². The monoisotopic (exact) mass is 366 g/mol. The van der Waals surface area contributed by atoms with Gasteiger partial charge in [0.25, 0.3) is 0 Å². The van der Waals surface area contributed by atoms with Gasteiger partial charge in [0.2, 0.25) is 0 Å². The van der Waals surface area contributed by atoms with Crippen LogP contribution >= 0.6 is 11.3 Å². The predicted molar refractivity (Wildman–Crippen MR) is 98.7 cm³/mol. The average Bonchev–Trinajstić information content (AvgIpc) is 2.95. The zero-order valence-corrected chi connectivity index (χ0v) is 14.4. The van der Waals surface area contributed by atoms with Crippen LogP contribution in [-0.4, -0.2) is 15.0 Å². The molecule has 0 aliphatic heterocycles. The molecule has 0 spiro atoms. The molecule has 3 aromatic carbocycles. The van der Waals surface area contributed by atoms with Gasteiger partial charge in [-0.3, -0.25) is 0 Å². The summed E-state index contributed by atoms with van der Waals surface area (Å²) in [4.78, 5) is 1.42. The Morgan fingerprint density at radius 1 is 0.636 bits per heavy atom. The average molecular weight is 365 g/mol. The number of rotatable bonds is 3. The fraction of sp³-hybridized carbons (Fsp3) is 0. The van der Waals surface area contributed by atoms with Gasteiger partial charge in [0.15, 0.2) is 0 Å². The molecule has 0 atom stereocenters. The van der Waals surface area contributed by atoms with Gasteiger partial charge in [-0.1, -0.05) is 0 Å². The molecule has 0 aliphatic rings. The topological polar surface area (TPSA) is 0 Å². The zero-order valence-electron chi connectivity index (χ0n) is 11.9. The molecule has 0 amide bonds. The van der Waals surface area contributed by atoms with Crippen LogP contribution in [0.15, 0.2) is 84.9 Å². The van der Waals surface area contributed by atoms with Gasteiger partial charge in [-0.15, -0.1) is 0 Å². The van der Waals surface area contributed by atoms with Gasteiger partial charge >= 0.3 is 141 Å². The maximum atomic E-state index is 2.26. The second-order valence-corrected chi connectivity index (χ2v) is 8.36. The molecular weight excluding hydrogens is 351 g/mol. The van der Waals surface area contributed by atoms with E-state index >= 15 is 0 Å². The number of fused-ring (bicyclic) bond motifs is 1. The molecule has 0 saturated carbocycles. The van der Waals surface area contributed by atoms with Gasteiger partial charge in [0.1, 0.15) is 0 Å². The van der Waals surface area contributed by atoms with Crippen LogP contribution in [0.5, 0.6) is 0 Å². The summed E-state index contributed by atoms with van der Waals surface area (Å²) >= 11 is 2.24. The van der Waals surface area contributed by atoms with Crippen molar-refractivity contribution in [3.05, 3.63) is 84.9 Å². The van der Waals surface area contributed by atoms with Crippen LogP contribution < -0.4 is 8.92 Å². The van der Waals surface area contributed by atoms with E-state index in [1.807, 2.05) is 11.3 Å². The molecule has 0 fully saturated rings. The van der Waals surface area contributed by atoms with E-state index in [0.717, 1.165) is 0 Å². The molecule has 4 aromatic rings. The SMILES string of the molecule is c1ccc([Se]c2c(-c3ccccc3)sc3ccccc23)cc1. The Bertz CT molecular complexity index is 895. The fourth-order valence-electron chi connectivity index (χ4n) is 2.51. The van der Waals surface area contributed by atoms with Crippen molar-refractivity contribution < 1.29 is 0 Å². The van der Waals surface area contributed by atoms with Gasteiger partial charge in [-0.2, -0.15) is 0 Å². The van der Waals surface area contributed by atoms with Crippen molar-refractivity contribution in [1.29, 1.82) is 0 Å². The standard InChI is InChI=1S/C20H14SSe/c1-3-9-15(10-4-1)19-20(22-16-11-5-2-6-12-16)17-13-7-8-14-18(17)21-19/h1-14H. The molecule has 0 radical (unpaired) electrons. The minimum atomic E-state index is 0.325. The molecule has 0 N–H and O–H groups in total. The van der Waals surface area contributed by atoms with Crippen LogP contribution in [0.1, 0.15) is 0 Å². The van der Waals surface area contributed by atoms with Crippen molar-refractivity contribution in [2.24, 2.45) is 0 Å². The van der Waals surface area contributed by atoms with E-state index in [-0.39, 0.29) is 0 Å². The van der Waals surface area contributed by atoms with Crippen LogP contribution in [0.3, 0.4) is 0 Å². The van der Waals surface area contributed by atoms with Crippen molar-refractivity contribution in [2.45, 2.75) is 0 Å². The van der Waals surface area contributed by atoms with E-state index in [1.54, 1.807) is 0 Å². The Morgan fingerprint density at radius 2 is 1.27 bits per heavy atom. The van der Waals surface area contributed by atoms with Crippen LogP contribution in [0.4, 0.5) is 0 Å². The first-order valence-corrected chi connectivity index (χ1v) is 9.74. The second kappa shape index (κ2) is 6.10. The Hall–Kier alpha value is -1.86. The van der Waals surface area contributed by atoms with Crippen LogP contribution in [0, 0.1) is 0 Å². The zero-order chi connectivity index (χ0) is 14.8. The van der Waals surface area contributed by atoms with Crippen molar-refractivity contribution in [2.75, 3.05) is 0 Å². The van der Waals surface area contributed by atoms with E-state index in [9.17, 15) is 0 Å². The van der Waals surface area contributed by atoms with E-state index in [1.165, 1.54) is 29.5 Å². The Labute approximate surface area is 140 Å². The first-order chi connectivity index (χ1) is 10.9. The third kappa shape index (κ3) is 2.62. The van der Waals surface area contributed by atoms with Crippen LogP contribution in [-0.2, 0) is 0 Å². The third-order valence-electron chi connectivity index (χ3n) is 3.55. The third-order valence-corrected chi connectivity index (χ3v) is 7.44. The van der Waals surface area contributed by atoms with Gasteiger partial charge < -0.3 is 0 Å². The van der Waals surface area contributed by atoms with Gasteiger partial charge in [0, 0.05) is 0 Å². The van der Waals surface area contributed by atoms with Crippen molar-refractivity contribution in [3.63, 3.8) is 0 Å². The normalized spacial score (nSPS) is 10.9. The second-order valence-electron chi connectivity index (χ2n) is 5.04. The summed E-state index contributed by atoms with van der Waals surface area (Å²) in [5.74, 6) is 0. The molecule has 0 aliphatic carbocycles. The summed E-state index contributed by atoms with van der Waals surface area (Å²) in [5.41, 5.74) is 1.33. The van der Waals surface area contributed by atoms with Crippen molar-refractivity contribution in [3.8, 4) is 10.4 Å². The first-order valence-electron chi connectivity index (χ1n) is 7.22. The molecule has 0 unspecified atom stereocenters. The number of hydrogen-bond acceptors (Lipinski definition) is 1. The quantitative estimate of drug-likeness (QED) is 0.477. The fourth-order valence-corrected chi connectivity index (χ4v) is 6.39. The van der Waals surface area contributed by atoms with Gasteiger partial charge in [-0.05, 0) is 0 Å². The molecule has 0 saturated heterocycles. The molecule has 106 valence electrons. The van der Waals surface area contributed by atoms with E-state index in [0.29, 0.717) is 15.0 Å². The molecular formula is C20H14SSe. The summed E-state index contributed by atoms with van der Waals surface area (Å²) in [6, 6.07) is 30.4. The minimum absolute atomic E-state index is 0.325.